The minimum atomic E-state index is -4.62. The normalized spacial score (nSPS) is 14.3. The molecule has 0 atom stereocenters. The first-order valence-electron chi connectivity index (χ1n) is 12.7. The first-order chi connectivity index (χ1) is 17.9. The fourth-order valence-corrected chi connectivity index (χ4v) is 4.63. The topological polar surface area (TPSA) is 80.5 Å². The Bertz CT molecular complexity index is 1300. The number of ether oxygens (including phenoxy) is 1. The molecule has 3 aromatic rings. The fourth-order valence-electron chi connectivity index (χ4n) is 4.63. The smallest absolute Gasteiger partial charge is 0.417 e. The Kier molecular flexibility index (Phi) is 7.85. The summed E-state index contributed by atoms with van der Waals surface area (Å²) in [5.74, 6) is 0. The van der Waals surface area contributed by atoms with Crippen LogP contribution >= 0.6 is 0 Å². The molecule has 0 unspecified atom stereocenters. The Hall–Kier alpha value is -3.75. The van der Waals surface area contributed by atoms with Crippen molar-refractivity contribution in [2.24, 2.45) is 0 Å². The van der Waals surface area contributed by atoms with Crippen LogP contribution in [0.15, 0.2) is 54.7 Å². The monoisotopic (exact) mass is 526 g/mol. The molecule has 1 aromatic heterocycles. The van der Waals surface area contributed by atoms with Crippen molar-refractivity contribution in [3.63, 3.8) is 0 Å². The lowest BCUT2D eigenvalue weighted by molar-refractivity contribution is -0.137. The van der Waals surface area contributed by atoms with Crippen molar-refractivity contribution in [1.29, 1.82) is 0 Å². The van der Waals surface area contributed by atoms with Crippen LogP contribution in [0.1, 0.15) is 51.2 Å². The van der Waals surface area contributed by atoms with Gasteiger partial charge >= 0.3 is 12.3 Å². The van der Waals surface area contributed by atoms with Crippen molar-refractivity contribution in [2.45, 2.75) is 58.4 Å². The molecule has 2 aromatic carbocycles. The number of halogens is 3. The van der Waals surface area contributed by atoms with Gasteiger partial charge in [-0.1, -0.05) is 12.1 Å². The molecule has 2 heterocycles. The van der Waals surface area contributed by atoms with E-state index in [0.717, 1.165) is 37.7 Å². The average Bonchev–Trinajstić information content (AvgIpc) is 2.86. The molecule has 4 rings (SSSR count). The van der Waals surface area contributed by atoms with Crippen LogP contribution in [0.2, 0.25) is 0 Å². The number of rotatable bonds is 5. The van der Waals surface area contributed by atoms with Crippen molar-refractivity contribution in [1.82, 2.24) is 10.3 Å². The zero-order valence-corrected chi connectivity index (χ0v) is 21.9. The second-order valence-corrected chi connectivity index (χ2v) is 10.5. The van der Waals surface area contributed by atoms with E-state index in [0.29, 0.717) is 22.5 Å². The van der Waals surface area contributed by atoms with Crippen molar-refractivity contribution < 1.29 is 22.7 Å². The molecule has 0 bridgehead atoms. The summed E-state index contributed by atoms with van der Waals surface area (Å²) in [5, 5.41) is 2.65. The van der Waals surface area contributed by atoms with Gasteiger partial charge in [-0.05, 0) is 87.6 Å². The number of nitrogens with one attached hydrogen (secondary N) is 1. The molecule has 1 saturated heterocycles. The van der Waals surface area contributed by atoms with Gasteiger partial charge in [0, 0.05) is 47.3 Å². The Morgan fingerprint density at radius 1 is 1.05 bits per heavy atom. The third kappa shape index (κ3) is 6.57. The number of pyridine rings is 1. The van der Waals surface area contributed by atoms with Gasteiger partial charge in [-0.15, -0.1) is 0 Å². The van der Waals surface area contributed by atoms with Crippen LogP contribution in [0.25, 0.3) is 22.4 Å². The van der Waals surface area contributed by atoms with Gasteiger partial charge in [-0.25, -0.2) is 4.79 Å². The van der Waals surface area contributed by atoms with Crippen LogP contribution in [0.4, 0.5) is 29.3 Å². The predicted octanol–water partition coefficient (Wildman–Crippen LogP) is 7.03. The van der Waals surface area contributed by atoms with Crippen molar-refractivity contribution >= 4 is 17.5 Å². The Balaban J connectivity index is 1.73. The quantitative estimate of drug-likeness (QED) is 0.349. The maximum absolute atomic E-state index is 14.1. The number of alkyl halides is 3. The molecule has 1 fully saturated rings. The van der Waals surface area contributed by atoms with Gasteiger partial charge in [0.15, 0.2) is 0 Å². The molecule has 38 heavy (non-hydrogen) atoms. The summed E-state index contributed by atoms with van der Waals surface area (Å²) in [5.41, 5.74) is 8.03. The second-order valence-electron chi connectivity index (χ2n) is 10.5. The Morgan fingerprint density at radius 2 is 1.79 bits per heavy atom. The summed E-state index contributed by atoms with van der Waals surface area (Å²) in [6.45, 7) is 6.92. The number of hydrogen-bond acceptors (Lipinski definition) is 5. The van der Waals surface area contributed by atoms with E-state index in [9.17, 15) is 18.0 Å². The van der Waals surface area contributed by atoms with Crippen LogP contribution in [0.5, 0.6) is 0 Å². The molecule has 0 spiro atoms. The zero-order valence-electron chi connectivity index (χ0n) is 21.9. The summed E-state index contributed by atoms with van der Waals surface area (Å²) in [7, 11) is 0. The van der Waals surface area contributed by atoms with E-state index >= 15 is 0 Å². The molecule has 0 saturated carbocycles. The summed E-state index contributed by atoms with van der Waals surface area (Å²) in [6.07, 6.45) is -0.429. The summed E-state index contributed by atoms with van der Waals surface area (Å²) < 4.78 is 47.7. The molecule has 202 valence electrons. The second kappa shape index (κ2) is 10.9. The molecule has 0 aliphatic carbocycles. The van der Waals surface area contributed by atoms with Gasteiger partial charge in [0.05, 0.1) is 11.3 Å². The van der Waals surface area contributed by atoms with Gasteiger partial charge in [0.25, 0.3) is 0 Å². The van der Waals surface area contributed by atoms with E-state index in [1.54, 1.807) is 26.8 Å². The SMILES string of the molecule is CC(C)(C)NC(=O)OCc1cccc(C(F)(F)F)c1-c1ccnc(-c2cc(N3CCCCC3)ccc2N)c1. The number of nitrogens with two attached hydrogens (primary N) is 1. The van der Waals surface area contributed by atoms with Crippen LogP contribution in [-0.4, -0.2) is 29.7 Å². The van der Waals surface area contributed by atoms with Gasteiger partial charge in [0.2, 0.25) is 0 Å². The molecule has 1 aliphatic rings. The molecule has 6 nitrogen and oxygen atoms in total. The molecule has 1 amide bonds. The van der Waals surface area contributed by atoms with Crippen molar-refractivity contribution in [2.75, 3.05) is 23.7 Å². The van der Waals surface area contributed by atoms with Gasteiger partial charge in [0.1, 0.15) is 6.61 Å². The number of nitrogens with zero attached hydrogens (tertiary/aromatic N) is 2. The number of carbonyl (C=O) groups is 1. The lowest BCUT2D eigenvalue weighted by Crippen LogP contribution is -2.40. The highest BCUT2D eigenvalue weighted by molar-refractivity contribution is 5.82. The average molecular weight is 527 g/mol. The van der Waals surface area contributed by atoms with Crippen LogP contribution in [0.3, 0.4) is 0 Å². The van der Waals surface area contributed by atoms with E-state index in [1.807, 2.05) is 18.2 Å². The fraction of sp³-hybridized carbons (Fsp3) is 0.379. The molecule has 0 radical (unpaired) electrons. The van der Waals surface area contributed by atoms with E-state index in [4.69, 9.17) is 10.5 Å². The first-order valence-corrected chi connectivity index (χ1v) is 12.7. The number of aromatic nitrogens is 1. The lowest BCUT2D eigenvalue weighted by Gasteiger charge is -2.29. The van der Waals surface area contributed by atoms with Gasteiger partial charge in [-0.2, -0.15) is 13.2 Å². The van der Waals surface area contributed by atoms with Gasteiger partial charge in [-0.3, -0.25) is 4.98 Å². The Morgan fingerprint density at radius 3 is 2.47 bits per heavy atom. The van der Waals surface area contributed by atoms with Crippen molar-refractivity contribution in [3.05, 3.63) is 65.9 Å². The highest BCUT2D eigenvalue weighted by Crippen LogP contribution is 2.40. The van der Waals surface area contributed by atoms with Gasteiger partial charge < -0.3 is 20.7 Å². The number of carbonyl (C=O) groups excluding carboxylic acids is 1. The standard InChI is InChI=1S/C29H33F3N4O2/c1-28(2,3)35-27(37)38-18-20-8-7-9-23(29(30,31)32)26(20)19-12-13-34-25(16-19)22-17-21(10-11-24(22)33)36-14-5-4-6-15-36/h7-13,16-17H,4-6,14-15,18,33H2,1-3H3,(H,35,37). The molecular formula is C29H33F3N4O2. The van der Waals surface area contributed by atoms with Crippen LogP contribution in [-0.2, 0) is 17.5 Å². The number of anilines is 2. The maximum Gasteiger partial charge on any atom is 0.417 e. The zero-order chi connectivity index (χ0) is 27.5. The largest absolute Gasteiger partial charge is 0.445 e. The van der Waals surface area contributed by atoms with Crippen LogP contribution in [0, 0.1) is 0 Å². The van der Waals surface area contributed by atoms with E-state index < -0.39 is 23.4 Å². The number of amides is 1. The van der Waals surface area contributed by atoms with E-state index in [2.05, 4.69) is 15.2 Å². The number of hydrogen-bond donors (Lipinski definition) is 2. The van der Waals surface area contributed by atoms with E-state index in [1.165, 1.54) is 30.8 Å². The summed E-state index contributed by atoms with van der Waals surface area (Å²) >= 11 is 0. The number of benzene rings is 2. The van der Waals surface area contributed by atoms with Crippen molar-refractivity contribution in [3.8, 4) is 22.4 Å². The molecule has 1 aliphatic heterocycles. The van der Waals surface area contributed by atoms with E-state index in [-0.39, 0.29) is 17.7 Å². The third-order valence-electron chi connectivity index (χ3n) is 6.37. The highest BCUT2D eigenvalue weighted by atomic mass is 19.4. The molecule has 3 N–H and O–H groups in total. The Labute approximate surface area is 221 Å². The maximum atomic E-state index is 14.1. The molecule has 9 heteroatoms. The number of nitrogen functional groups attached to an aromatic ring is 1. The summed E-state index contributed by atoms with van der Waals surface area (Å²) in [6, 6.07) is 12.7. The number of alkyl carbamates (subject to hydrolysis) is 1. The molecular weight excluding hydrogens is 493 g/mol. The lowest BCUT2D eigenvalue weighted by atomic mass is 9.93. The summed E-state index contributed by atoms with van der Waals surface area (Å²) in [4.78, 5) is 18.9. The van der Waals surface area contributed by atoms with Crippen LogP contribution < -0.4 is 16.0 Å². The minimum Gasteiger partial charge on any atom is -0.445 e. The minimum absolute atomic E-state index is 0.0574. The third-order valence-corrected chi connectivity index (χ3v) is 6.37. The highest BCUT2D eigenvalue weighted by Gasteiger charge is 2.35. The first kappa shape index (κ1) is 27.3. The predicted molar refractivity (Wildman–Crippen MR) is 144 cm³/mol. The number of piperidine rings is 1.